The highest BCUT2D eigenvalue weighted by Gasteiger charge is 2.47. The van der Waals surface area contributed by atoms with E-state index in [0.29, 0.717) is 25.3 Å². The average Bonchev–Trinajstić information content (AvgIpc) is 3.77. The first-order valence-corrected chi connectivity index (χ1v) is 17.3. The van der Waals surface area contributed by atoms with Gasteiger partial charge in [-0.2, -0.15) is 5.06 Å². The molecule has 0 aliphatic carbocycles. The second kappa shape index (κ2) is 17.5. The number of epoxide rings is 1. The molecule has 3 heterocycles. The third-order valence-corrected chi connectivity index (χ3v) is 9.79. The van der Waals surface area contributed by atoms with Crippen molar-refractivity contribution < 1.29 is 34.4 Å². The van der Waals surface area contributed by atoms with Gasteiger partial charge in [0.2, 0.25) is 0 Å². The summed E-state index contributed by atoms with van der Waals surface area (Å²) in [6.45, 7) is 20.0. The first-order chi connectivity index (χ1) is 21.2. The van der Waals surface area contributed by atoms with E-state index in [2.05, 4.69) is 42.9 Å². The molecule has 0 bridgehead atoms. The molecule has 0 amide bonds. The number of carbonyl (C=O) groups is 1. The zero-order chi connectivity index (χ0) is 33.3. The van der Waals surface area contributed by atoms with Crippen LogP contribution < -0.4 is 0 Å². The van der Waals surface area contributed by atoms with Crippen molar-refractivity contribution in [3.05, 3.63) is 36.0 Å². The fourth-order valence-corrected chi connectivity index (χ4v) is 6.49. The fourth-order valence-electron chi connectivity index (χ4n) is 6.49. The summed E-state index contributed by atoms with van der Waals surface area (Å²) in [5.41, 5.74) is -0.252. The maximum absolute atomic E-state index is 12.8. The van der Waals surface area contributed by atoms with Crippen LogP contribution in [0.4, 0.5) is 0 Å². The standard InChI is InChI=1S/C36H62N2O7/c1-9-30(40)28(7)35-32(43-35)23-36(8,42)17-10-12-26(5)34-27(6)14-16-31(25(4)13-15-29(39)22-33(41)44-34)45-38-19-11-18-37(20-21-38)24(2)3/h10,12,14,16-17,24-25,27-32,34-35,39-40,42H,9,11,13,15,18-23H2,1-8H3/b16-14+,17-10+,26-12+. The van der Waals surface area contributed by atoms with Gasteiger partial charge in [0.15, 0.2) is 0 Å². The van der Waals surface area contributed by atoms with Crippen molar-refractivity contribution >= 4 is 5.97 Å². The van der Waals surface area contributed by atoms with Crippen LogP contribution in [0.25, 0.3) is 0 Å². The molecule has 3 N–H and O–H groups in total. The zero-order valence-electron chi connectivity index (χ0n) is 29.1. The van der Waals surface area contributed by atoms with Gasteiger partial charge in [0.25, 0.3) is 0 Å². The van der Waals surface area contributed by atoms with E-state index in [4.69, 9.17) is 14.3 Å². The van der Waals surface area contributed by atoms with Crippen LogP contribution in [0.15, 0.2) is 36.0 Å². The maximum Gasteiger partial charge on any atom is 0.309 e. The van der Waals surface area contributed by atoms with E-state index < -0.39 is 29.9 Å². The maximum atomic E-state index is 12.8. The number of esters is 1. The van der Waals surface area contributed by atoms with Crippen molar-refractivity contribution in [1.29, 1.82) is 0 Å². The number of carbonyl (C=O) groups excluding carboxylic acids is 1. The van der Waals surface area contributed by atoms with Crippen LogP contribution in [0, 0.1) is 17.8 Å². The van der Waals surface area contributed by atoms with Crippen LogP contribution in [0.5, 0.6) is 0 Å². The Labute approximate surface area is 272 Å². The molecule has 0 spiro atoms. The number of hydrogen-bond acceptors (Lipinski definition) is 9. The quantitative estimate of drug-likeness (QED) is 0.128. The number of rotatable bonds is 11. The third-order valence-electron chi connectivity index (χ3n) is 9.79. The number of aliphatic hydroxyl groups is 3. The summed E-state index contributed by atoms with van der Waals surface area (Å²) in [7, 11) is 0. The largest absolute Gasteiger partial charge is 0.457 e. The Kier molecular flexibility index (Phi) is 14.7. The molecule has 10 atom stereocenters. The zero-order valence-corrected chi connectivity index (χ0v) is 29.1. The van der Waals surface area contributed by atoms with E-state index in [1.165, 1.54) is 0 Å². The molecule has 9 nitrogen and oxygen atoms in total. The Hall–Kier alpha value is -1.59. The number of hydroxylamine groups is 2. The van der Waals surface area contributed by atoms with Crippen molar-refractivity contribution in [3.63, 3.8) is 0 Å². The van der Waals surface area contributed by atoms with E-state index in [-0.39, 0.29) is 42.5 Å². The van der Waals surface area contributed by atoms with E-state index in [1.807, 2.05) is 33.8 Å². The highest BCUT2D eigenvalue weighted by Crippen LogP contribution is 2.37. The van der Waals surface area contributed by atoms with E-state index >= 15 is 0 Å². The number of cyclic esters (lactones) is 1. The van der Waals surface area contributed by atoms with Crippen LogP contribution in [0.1, 0.15) is 93.9 Å². The summed E-state index contributed by atoms with van der Waals surface area (Å²) in [5.74, 6) is -0.372. The molecule has 0 aromatic carbocycles. The minimum Gasteiger partial charge on any atom is -0.457 e. The summed E-state index contributed by atoms with van der Waals surface area (Å²) in [6, 6.07) is 0.512. The van der Waals surface area contributed by atoms with Gasteiger partial charge in [-0.05, 0) is 71.4 Å². The van der Waals surface area contributed by atoms with Gasteiger partial charge in [-0.1, -0.05) is 58.1 Å². The number of aliphatic hydroxyl groups excluding tert-OH is 2. The molecule has 2 saturated heterocycles. The number of hydrogen-bond donors (Lipinski definition) is 3. The Balaban J connectivity index is 1.70. The number of ether oxygens (including phenoxy) is 2. The molecule has 3 rings (SSSR count). The van der Waals surface area contributed by atoms with Gasteiger partial charge in [-0.15, -0.1) is 0 Å². The van der Waals surface area contributed by atoms with Crippen LogP contribution in [-0.4, -0.2) is 106 Å². The van der Waals surface area contributed by atoms with Crippen LogP contribution in [-0.2, 0) is 19.1 Å². The molecule has 10 unspecified atom stereocenters. The van der Waals surface area contributed by atoms with Crippen molar-refractivity contribution in [2.75, 3.05) is 26.2 Å². The van der Waals surface area contributed by atoms with Gasteiger partial charge < -0.3 is 24.8 Å². The predicted molar refractivity (Wildman–Crippen MR) is 177 cm³/mol. The molecule has 0 aromatic rings. The van der Waals surface area contributed by atoms with Gasteiger partial charge in [-0.25, -0.2) is 0 Å². The minimum atomic E-state index is -1.09. The molecule has 0 saturated carbocycles. The van der Waals surface area contributed by atoms with Gasteiger partial charge in [0.05, 0.1) is 42.5 Å². The molecular weight excluding hydrogens is 572 g/mol. The summed E-state index contributed by atoms with van der Waals surface area (Å²) in [4.78, 5) is 21.9. The Bertz CT molecular complexity index is 1010. The van der Waals surface area contributed by atoms with Crippen molar-refractivity contribution in [2.24, 2.45) is 17.8 Å². The minimum absolute atomic E-state index is 0.0262. The van der Waals surface area contributed by atoms with E-state index in [0.717, 1.165) is 44.6 Å². The second-order valence-corrected chi connectivity index (χ2v) is 14.4. The second-order valence-electron chi connectivity index (χ2n) is 14.4. The smallest absolute Gasteiger partial charge is 0.309 e. The number of allylic oxidation sites excluding steroid dienone is 2. The molecule has 9 heteroatoms. The van der Waals surface area contributed by atoms with Gasteiger partial charge in [-0.3, -0.25) is 14.5 Å². The lowest BCUT2D eigenvalue weighted by Crippen LogP contribution is -2.37. The first kappa shape index (κ1) is 37.9. The third kappa shape index (κ3) is 12.2. The molecule has 2 fully saturated rings. The Morgan fingerprint density at radius 2 is 1.89 bits per heavy atom. The van der Waals surface area contributed by atoms with E-state index in [1.54, 1.807) is 19.1 Å². The lowest BCUT2D eigenvalue weighted by atomic mass is 9.91. The van der Waals surface area contributed by atoms with Crippen LogP contribution in [0.3, 0.4) is 0 Å². The molecule has 3 aliphatic heterocycles. The molecule has 258 valence electrons. The lowest BCUT2D eigenvalue weighted by molar-refractivity contribution is -0.194. The molecular formula is C36H62N2O7. The van der Waals surface area contributed by atoms with Crippen molar-refractivity contribution in [3.8, 4) is 0 Å². The first-order valence-electron chi connectivity index (χ1n) is 17.3. The molecule has 0 radical (unpaired) electrons. The van der Waals surface area contributed by atoms with Crippen molar-refractivity contribution in [2.45, 2.75) is 142 Å². The highest BCUT2D eigenvalue weighted by molar-refractivity contribution is 5.70. The monoisotopic (exact) mass is 634 g/mol. The topological polar surface area (TPSA) is 115 Å². The average molecular weight is 635 g/mol. The SMILES string of the molecule is CCC(O)C(C)C1OC1CC(C)(O)/C=C/C=C(\C)C1OC(=O)CC(O)CCC(C)C(ON2CCCN(C(C)C)CC2)/C=C/C1C. The lowest BCUT2D eigenvalue weighted by Gasteiger charge is -2.31. The highest BCUT2D eigenvalue weighted by atomic mass is 16.7. The Morgan fingerprint density at radius 3 is 2.58 bits per heavy atom. The summed E-state index contributed by atoms with van der Waals surface area (Å²) >= 11 is 0. The van der Waals surface area contributed by atoms with Crippen LogP contribution >= 0.6 is 0 Å². The number of nitrogens with zero attached hydrogens (tertiary/aromatic N) is 2. The van der Waals surface area contributed by atoms with Gasteiger partial charge in [0, 0.05) is 43.9 Å². The van der Waals surface area contributed by atoms with E-state index in [9.17, 15) is 20.1 Å². The summed E-state index contributed by atoms with van der Waals surface area (Å²) in [6.07, 6.45) is 11.0. The molecule has 0 aromatic heterocycles. The van der Waals surface area contributed by atoms with Crippen LogP contribution in [0.2, 0.25) is 0 Å². The van der Waals surface area contributed by atoms with Gasteiger partial charge in [0.1, 0.15) is 6.10 Å². The van der Waals surface area contributed by atoms with Gasteiger partial charge >= 0.3 is 5.97 Å². The summed E-state index contributed by atoms with van der Waals surface area (Å²) < 4.78 is 11.7. The fraction of sp³-hybridized carbons (Fsp3) is 0.806. The van der Waals surface area contributed by atoms with Crippen molar-refractivity contribution in [1.82, 2.24) is 9.96 Å². The summed E-state index contributed by atoms with van der Waals surface area (Å²) in [5, 5.41) is 33.9. The predicted octanol–water partition coefficient (Wildman–Crippen LogP) is 4.81. The normalized spacial score (nSPS) is 35.2. The Morgan fingerprint density at radius 1 is 1.16 bits per heavy atom. The molecule has 45 heavy (non-hydrogen) atoms. The molecule has 3 aliphatic rings.